The zero-order valence-electron chi connectivity index (χ0n) is 11.5. The van der Waals surface area contributed by atoms with Crippen LogP contribution in [0.2, 0.25) is 5.02 Å². The normalized spacial score (nSPS) is 12.3. The van der Waals surface area contributed by atoms with Gasteiger partial charge in [-0.25, -0.2) is 4.98 Å². The molecule has 3 aromatic rings. The predicted molar refractivity (Wildman–Crippen MR) is 86.3 cm³/mol. The first-order chi connectivity index (χ1) is 10.3. The Morgan fingerprint density at radius 3 is 2.48 bits per heavy atom. The highest BCUT2D eigenvalue weighted by molar-refractivity contribution is 6.31. The fourth-order valence-electron chi connectivity index (χ4n) is 2.51. The van der Waals surface area contributed by atoms with Crippen molar-refractivity contribution >= 4 is 11.6 Å². The number of nitrogens with two attached hydrogens (primary N) is 1. The molecule has 0 bridgehead atoms. The van der Waals surface area contributed by atoms with E-state index in [4.69, 9.17) is 17.3 Å². The lowest BCUT2D eigenvalue weighted by atomic mass is 10.1. The number of nitrogens with zero attached hydrogens (tertiary/aromatic N) is 2. The van der Waals surface area contributed by atoms with Crippen molar-refractivity contribution in [1.29, 1.82) is 0 Å². The molecule has 0 saturated carbocycles. The Bertz CT molecular complexity index is 722. The third-order valence-corrected chi connectivity index (χ3v) is 3.87. The van der Waals surface area contributed by atoms with E-state index in [1.165, 1.54) is 0 Å². The maximum absolute atomic E-state index is 6.32. The van der Waals surface area contributed by atoms with Crippen LogP contribution in [-0.4, -0.2) is 16.1 Å². The van der Waals surface area contributed by atoms with E-state index in [0.29, 0.717) is 6.54 Å². The minimum absolute atomic E-state index is 0.0311. The highest BCUT2D eigenvalue weighted by Crippen LogP contribution is 2.29. The lowest BCUT2D eigenvalue weighted by Crippen LogP contribution is -2.21. The van der Waals surface area contributed by atoms with Crippen LogP contribution in [-0.2, 0) is 0 Å². The summed E-state index contributed by atoms with van der Waals surface area (Å²) in [5.41, 5.74) is 8.08. The SMILES string of the molecule is NCC(c1ccccc1Cl)n1ccnc1-c1ccccc1. The van der Waals surface area contributed by atoms with Crippen LogP contribution in [0, 0.1) is 0 Å². The van der Waals surface area contributed by atoms with Crippen molar-refractivity contribution in [2.24, 2.45) is 5.73 Å². The zero-order valence-corrected chi connectivity index (χ0v) is 12.2. The van der Waals surface area contributed by atoms with Gasteiger partial charge in [-0.1, -0.05) is 60.1 Å². The molecule has 2 aromatic carbocycles. The van der Waals surface area contributed by atoms with Crippen LogP contribution in [0.15, 0.2) is 67.0 Å². The molecule has 2 N–H and O–H groups in total. The summed E-state index contributed by atoms with van der Waals surface area (Å²) in [7, 11) is 0. The summed E-state index contributed by atoms with van der Waals surface area (Å²) in [6.45, 7) is 0.458. The standard InChI is InChI=1S/C17H16ClN3/c18-15-9-5-4-8-14(15)16(12-19)21-11-10-20-17(21)13-6-2-1-3-7-13/h1-11,16H,12,19H2. The fraction of sp³-hybridized carbons (Fsp3) is 0.118. The number of aromatic nitrogens is 2. The first-order valence-electron chi connectivity index (χ1n) is 6.84. The molecule has 4 heteroatoms. The second-order valence-corrected chi connectivity index (χ2v) is 5.20. The molecule has 1 heterocycles. The second-order valence-electron chi connectivity index (χ2n) is 4.80. The van der Waals surface area contributed by atoms with Crippen LogP contribution < -0.4 is 5.73 Å². The first kappa shape index (κ1) is 13.9. The van der Waals surface area contributed by atoms with Gasteiger partial charge in [-0.3, -0.25) is 0 Å². The van der Waals surface area contributed by atoms with Crippen molar-refractivity contribution in [2.45, 2.75) is 6.04 Å². The molecule has 3 rings (SSSR count). The third-order valence-electron chi connectivity index (χ3n) is 3.52. The number of rotatable bonds is 4. The van der Waals surface area contributed by atoms with E-state index in [1.54, 1.807) is 6.20 Å². The van der Waals surface area contributed by atoms with E-state index < -0.39 is 0 Å². The highest BCUT2D eigenvalue weighted by Gasteiger charge is 2.18. The largest absolute Gasteiger partial charge is 0.328 e. The molecule has 21 heavy (non-hydrogen) atoms. The molecule has 0 aliphatic heterocycles. The van der Waals surface area contributed by atoms with E-state index >= 15 is 0 Å². The molecule has 0 saturated heterocycles. The average molecular weight is 298 g/mol. The van der Waals surface area contributed by atoms with E-state index in [9.17, 15) is 0 Å². The highest BCUT2D eigenvalue weighted by atomic mass is 35.5. The zero-order chi connectivity index (χ0) is 14.7. The molecule has 0 spiro atoms. The maximum atomic E-state index is 6.32. The topological polar surface area (TPSA) is 43.8 Å². The van der Waals surface area contributed by atoms with Crippen molar-refractivity contribution in [1.82, 2.24) is 9.55 Å². The van der Waals surface area contributed by atoms with Gasteiger partial charge in [-0.15, -0.1) is 0 Å². The molecule has 0 radical (unpaired) electrons. The van der Waals surface area contributed by atoms with Gasteiger partial charge in [-0.2, -0.15) is 0 Å². The van der Waals surface area contributed by atoms with Gasteiger partial charge >= 0.3 is 0 Å². The van der Waals surface area contributed by atoms with Gasteiger partial charge in [0.05, 0.1) is 6.04 Å². The van der Waals surface area contributed by atoms with Crippen LogP contribution in [0.1, 0.15) is 11.6 Å². The van der Waals surface area contributed by atoms with Gasteiger partial charge < -0.3 is 10.3 Å². The van der Waals surface area contributed by atoms with Crippen molar-refractivity contribution < 1.29 is 0 Å². The third kappa shape index (κ3) is 2.71. The van der Waals surface area contributed by atoms with Crippen molar-refractivity contribution in [3.05, 3.63) is 77.6 Å². The molecular weight excluding hydrogens is 282 g/mol. The van der Waals surface area contributed by atoms with Gasteiger partial charge in [0.15, 0.2) is 0 Å². The van der Waals surface area contributed by atoms with Crippen LogP contribution in [0.25, 0.3) is 11.4 Å². The lowest BCUT2D eigenvalue weighted by molar-refractivity contribution is 0.600. The molecule has 1 unspecified atom stereocenters. The maximum Gasteiger partial charge on any atom is 0.140 e. The predicted octanol–water partition coefficient (Wildman–Crippen LogP) is 3.75. The molecule has 106 valence electrons. The van der Waals surface area contributed by atoms with Gasteiger partial charge in [0.2, 0.25) is 0 Å². The Balaban J connectivity index is 2.08. The van der Waals surface area contributed by atoms with Gasteiger partial charge in [0, 0.05) is 29.5 Å². The Kier molecular flexibility index (Phi) is 4.04. The summed E-state index contributed by atoms with van der Waals surface area (Å²) in [5, 5.41) is 0.723. The van der Waals surface area contributed by atoms with Crippen molar-refractivity contribution in [3.8, 4) is 11.4 Å². The molecule has 3 nitrogen and oxygen atoms in total. The fourth-order valence-corrected chi connectivity index (χ4v) is 2.77. The number of benzene rings is 2. The minimum Gasteiger partial charge on any atom is -0.328 e. The smallest absolute Gasteiger partial charge is 0.140 e. The number of hydrogen-bond acceptors (Lipinski definition) is 2. The molecule has 1 atom stereocenters. The summed E-state index contributed by atoms with van der Waals surface area (Å²) >= 11 is 6.32. The lowest BCUT2D eigenvalue weighted by Gasteiger charge is -2.21. The number of halogens is 1. The van der Waals surface area contributed by atoms with Crippen LogP contribution in [0.3, 0.4) is 0 Å². The minimum atomic E-state index is -0.0311. The second kappa shape index (κ2) is 6.12. The average Bonchev–Trinajstić information content (AvgIpc) is 3.00. The van der Waals surface area contributed by atoms with E-state index in [2.05, 4.69) is 9.55 Å². The number of hydrogen-bond donors (Lipinski definition) is 1. The van der Waals surface area contributed by atoms with Gasteiger partial charge in [-0.05, 0) is 11.6 Å². The summed E-state index contributed by atoms with van der Waals surface area (Å²) in [6, 6.07) is 17.8. The van der Waals surface area contributed by atoms with E-state index in [0.717, 1.165) is 22.0 Å². The Morgan fingerprint density at radius 2 is 1.76 bits per heavy atom. The molecule has 0 amide bonds. The summed E-state index contributed by atoms with van der Waals surface area (Å²) in [4.78, 5) is 4.47. The first-order valence-corrected chi connectivity index (χ1v) is 7.22. The van der Waals surface area contributed by atoms with Crippen molar-refractivity contribution in [2.75, 3.05) is 6.54 Å². The quantitative estimate of drug-likeness (QED) is 0.797. The van der Waals surface area contributed by atoms with Crippen LogP contribution in [0.4, 0.5) is 0 Å². The van der Waals surface area contributed by atoms with Gasteiger partial charge in [0.1, 0.15) is 5.82 Å². The molecule has 1 aromatic heterocycles. The van der Waals surface area contributed by atoms with E-state index in [1.807, 2.05) is 60.8 Å². The summed E-state index contributed by atoms with van der Waals surface area (Å²) in [6.07, 6.45) is 3.74. The summed E-state index contributed by atoms with van der Waals surface area (Å²) < 4.78 is 2.08. The Hall–Kier alpha value is -2.10. The number of imidazole rings is 1. The van der Waals surface area contributed by atoms with Crippen molar-refractivity contribution in [3.63, 3.8) is 0 Å². The molecular formula is C17H16ClN3. The summed E-state index contributed by atoms with van der Waals surface area (Å²) in [5.74, 6) is 0.894. The molecule has 0 aliphatic rings. The molecule has 0 fully saturated rings. The van der Waals surface area contributed by atoms with Crippen LogP contribution in [0.5, 0.6) is 0 Å². The van der Waals surface area contributed by atoms with E-state index in [-0.39, 0.29) is 6.04 Å². The monoisotopic (exact) mass is 297 g/mol. The van der Waals surface area contributed by atoms with Gasteiger partial charge in [0.25, 0.3) is 0 Å². The molecule has 0 aliphatic carbocycles. The Labute approximate surface area is 129 Å². The Morgan fingerprint density at radius 1 is 1.05 bits per heavy atom. The van der Waals surface area contributed by atoms with Crippen LogP contribution >= 0.6 is 11.6 Å².